The van der Waals surface area contributed by atoms with E-state index in [4.69, 9.17) is 4.74 Å². The molecule has 0 aliphatic carbocycles. The van der Waals surface area contributed by atoms with Gasteiger partial charge in [-0.15, -0.1) is 0 Å². The molecular weight excluding hydrogens is 410 g/mol. The van der Waals surface area contributed by atoms with Crippen LogP contribution in [0, 0.1) is 0 Å². The minimum absolute atomic E-state index is 0.00823. The fraction of sp³-hybridized carbons (Fsp3) is 0.375. The van der Waals surface area contributed by atoms with E-state index in [0.717, 1.165) is 13.1 Å². The highest BCUT2D eigenvalue weighted by Gasteiger charge is 2.46. The first kappa shape index (κ1) is 23.3. The number of likely N-dealkylation sites (N-methyl/N-ethyl adjacent to an activating group) is 1. The number of carbonyl (C=O) groups excluding carboxylic acids is 2. The van der Waals surface area contributed by atoms with Crippen molar-refractivity contribution in [2.75, 3.05) is 32.8 Å². The number of phenols is 1. The predicted octanol–water partition coefficient (Wildman–Crippen LogP) is 2.95. The summed E-state index contributed by atoms with van der Waals surface area (Å²) in [5.74, 6) is -1.45. The molecule has 170 valence electrons. The van der Waals surface area contributed by atoms with Crippen molar-refractivity contribution >= 4 is 17.4 Å². The van der Waals surface area contributed by atoms with Gasteiger partial charge in [-0.25, -0.2) is 0 Å². The Morgan fingerprint density at radius 2 is 1.81 bits per heavy atom. The van der Waals surface area contributed by atoms with Gasteiger partial charge < -0.3 is 24.7 Å². The van der Waals surface area contributed by atoms with Gasteiger partial charge in [-0.05, 0) is 49.8 Å². The quantitative estimate of drug-likeness (QED) is 0.352. The molecule has 3 rings (SSSR count). The number of Topliss-reactive ketones (excluding diaryl/α,β-unsaturated/α-hetero) is 1. The molecule has 1 saturated heterocycles. The smallest absolute Gasteiger partial charge is 0.295 e. The maximum absolute atomic E-state index is 13.1. The first-order valence-electron chi connectivity index (χ1n) is 10.8. The summed E-state index contributed by atoms with van der Waals surface area (Å²) in [6.45, 7) is 8.74. The third-order valence-electron chi connectivity index (χ3n) is 5.64. The number of nitrogens with zero attached hydrogens (tertiary/aromatic N) is 3. The highest BCUT2D eigenvalue weighted by molar-refractivity contribution is 6.46. The number of benzene rings is 1. The molecule has 0 radical (unpaired) electrons. The number of aromatic hydroxyl groups is 1. The van der Waals surface area contributed by atoms with E-state index in [-0.39, 0.29) is 22.8 Å². The van der Waals surface area contributed by atoms with Crippen LogP contribution in [0.3, 0.4) is 0 Å². The van der Waals surface area contributed by atoms with E-state index in [1.54, 1.807) is 31.2 Å². The van der Waals surface area contributed by atoms with Gasteiger partial charge in [-0.2, -0.15) is 0 Å². The molecule has 1 amide bonds. The average Bonchev–Trinajstić information content (AvgIpc) is 3.06. The van der Waals surface area contributed by atoms with Crippen LogP contribution in [0.2, 0.25) is 0 Å². The van der Waals surface area contributed by atoms with Crippen LogP contribution in [-0.4, -0.2) is 69.5 Å². The van der Waals surface area contributed by atoms with Crippen LogP contribution in [0.4, 0.5) is 0 Å². The summed E-state index contributed by atoms with van der Waals surface area (Å²) in [5, 5.41) is 21.1. The second-order valence-electron chi connectivity index (χ2n) is 7.42. The van der Waals surface area contributed by atoms with Crippen molar-refractivity contribution < 1.29 is 24.5 Å². The lowest BCUT2D eigenvalue weighted by molar-refractivity contribution is -0.140. The molecule has 0 spiro atoms. The van der Waals surface area contributed by atoms with E-state index >= 15 is 0 Å². The van der Waals surface area contributed by atoms with Crippen molar-refractivity contribution in [3.05, 3.63) is 59.4 Å². The van der Waals surface area contributed by atoms with E-state index in [9.17, 15) is 19.8 Å². The van der Waals surface area contributed by atoms with Crippen LogP contribution >= 0.6 is 0 Å². The number of rotatable bonds is 9. The zero-order chi connectivity index (χ0) is 23.3. The molecule has 2 N–H and O–H groups in total. The number of amides is 1. The highest BCUT2D eigenvalue weighted by Crippen LogP contribution is 2.41. The van der Waals surface area contributed by atoms with Gasteiger partial charge in [0.25, 0.3) is 11.7 Å². The number of ether oxygens (including phenoxy) is 1. The van der Waals surface area contributed by atoms with Crippen molar-refractivity contribution in [3.63, 3.8) is 0 Å². The monoisotopic (exact) mass is 439 g/mol. The Labute approximate surface area is 187 Å². The third-order valence-corrected chi connectivity index (χ3v) is 5.64. The Hall–Kier alpha value is -3.39. The Bertz CT molecular complexity index is 1000. The summed E-state index contributed by atoms with van der Waals surface area (Å²) in [7, 11) is 0. The molecular formula is C24H29N3O5. The van der Waals surface area contributed by atoms with Gasteiger partial charge in [0.1, 0.15) is 5.76 Å². The summed E-state index contributed by atoms with van der Waals surface area (Å²) in [4.78, 5) is 33.7. The fourth-order valence-electron chi connectivity index (χ4n) is 3.88. The van der Waals surface area contributed by atoms with Crippen LogP contribution in [0.1, 0.15) is 37.9 Å². The molecule has 1 unspecified atom stereocenters. The maximum Gasteiger partial charge on any atom is 0.295 e. The molecule has 2 heterocycles. The molecule has 1 aliphatic heterocycles. The maximum atomic E-state index is 13.1. The number of carbonyl (C=O) groups is 2. The number of likely N-dealkylation sites (tertiary alicyclic amines) is 1. The van der Waals surface area contributed by atoms with Gasteiger partial charge in [0.2, 0.25) is 0 Å². The molecule has 32 heavy (non-hydrogen) atoms. The summed E-state index contributed by atoms with van der Waals surface area (Å²) >= 11 is 0. The van der Waals surface area contributed by atoms with Gasteiger partial charge in [-0.3, -0.25) is 14.6 Å². The second-order valence-corrected chi connectivity index (χ2v) is 7.42. The number of pyridine rings is 1. The van der Waals surface area contributed by atoms with Crippen molar-refractivity contribution in [1.29, 1.82) is 0 Å². The number of ketones is 1. The number of hydrogen-bond acceptors (Lipinski definition) is 7. The molecule has 0 bridgehead atoms. The zero-order valence-corrected chi connectivity index (χ0v) is 18.6. The number of aromatic nitrogens is 1. The van der Waals surface area contributed by atoms with Gasteiger partial charge in [0.15, 0.2) is 11.5 Å². The second kappa shape index (κ2) is 10.3. The normalized spacial score (nSPS) is 17.9. The van der Waals surface area contributed by atoms with Gasteiger partial charge in [0.05, 0.1) is 18.2 Å². The molecule has 1 aromatic heterocycles. The van der Waals surface area contributed by atoms with E-state index < -0.39 is 17.7 Å². The number of aliphatic hydroxyl groups excluding tert-OH is 1. The van der Waals surface area contributed by atoms with Crippen molar-refractivity contribution in [2.24, 2.45) is 0 Å². The first-order chi connectivity index (χ1) is 15.4. The SMILES string of the molecule is CCOc1cc(C2/C(=C(/O)c3ccncc3)C(=O)C(=O)N2CCN(CC)CC)ccc1O. The third kappa shape index (κ3) is 4.60. The molecule has 2 aromatic rings. The Balaban J connectivity index is 2.12. The van der Waals surface area contributed by atoms with Gasteiger partial charge in [-0.1, -0.05) is 19.9 Å². The molecule has 1 atom stereocenters. The van der Waals surface area contributed by atoms with Crippen LogP contribution in [0.15, 0.2) is 48.3 Å². The summed E-state index contributed by atoms with van der Waals surface area (Å²) in [6.07, 6.45) is 3.02. The molecule has 1 aliphatic rings. The Morgan fingerprint density at radius 1 is 1.12 bits per heavy atom. The summed E-state index contributed by atoms with van der Waals surface area (Å²) < 4.78 is 5.51. The zero-order valence-electron chi connectivity index (χ0n) is 18.6. The number of hydrogen-bond donors (Lipinski definition) is 2. The Morgan fingerprint density at radius 3 is 2.44 bits per heavy atom. The van der Waals surface area contributed by atoms with E-state index in [2.05, 4.69) is 9.88 Å². The van der Waals surface area contributed by atoms with Crippen LogP contribution in [-0.2, 0) is 9.59 Å². The minimum atomic E-state index is -0.807. The van der Waals surface area contributed by atoms with Gasteiger partial charge in [0, 0.05) is 31.0 Å². The lowest BCUT2D eigenvalue weighted by atomic mass is 9.95. The molecule has 8 nitrogen and oxygen atoms in total. The Kier molecular flexibility index (Phi) is 7.48. The highest BCUT2D eigenvalue weighted by atomic mass is 16.5. The number of phenolic OH excluding ortho intramolecular Hbond substituents is 1. The lowest BCUT2D eigenvalue weighted by Gasteiger charge is -2.28. The first-order valence-corrected chi connectivity index (χ1v) is 10.8. The average molecular weight is 440 g/mol. The summed E-state index contributed by atoms with van der Waals surface area (Å²) in [5.41, 5.74) is 0.977. The standard InChI is InChI=1S/C24H29N3O5/c1-4-26(5-2)13-14-27-21(17-7-8-18(28)19(15-17)32-6-3)20(23(30)24(27)31)22(29)16-9-11-25-12-10-16/h7-12,15,21,28-29H,4-6,13-14H2,1-3H3/b22-20-. The molecule has 0 saturated carbocycles. The van der Waals surface area contributed by atoms with Crippen molar-refractivity contribution in [3.8, 4) is 11.5 Å². The molecule has 8 heteroatoms. The van der Waals surface area contributed by atoms with Gasteiger partial charge >= 0.3 is 0 Å². The minimum Gasteiger partial charge on any atom is -0.507 e. The lowest BCUT2D eigenvalue weighted by Crippen LogP contribution is -2.38. The van der Waals surface area contributed by atoms with Crippen LogP contribution in [0.25, 0.3) is 5.76 Å². The predicted molar refractivity (Wildman–Crippen MR) is 120 cm³/mol. The fourth-order valence-corrected chi connectivity index (χ4v) is 3.88. The van der Waals surface area contributed by atoms with Crippen molar-refractivity contribution in [1.82, 2.24) is 14.8 Å². The van der Waals surface area contributed by atoms with E-state index in [1.165, 1.54) is 23.4 Å². The topological polar surface area (TPSA) is 103 Å². The number of aliphatic hydroxyl groups is 1. The van der Waals surface area contributed by atoms with E-state index in [1.807, 2.05) is 13.8 Å². The van der Waals surface area contributed by atoms with Crippen molar-refractivity contribution in [2.45, 2.75) is 26.8 Å². The summed E-state index contributed by atoms with van der Waals surface area (Å²) in [6, 6.07) is 7.07. The van der Waals surface area contributed by atoms with Crippen LogP contribution in [0.5, 0.6) is 11.5 Å². The van der Waals surface area contributed by atoms with E-state index in [0.29, 0.717) is 30.8 Å². The molecule has 1 fully saturated rings. The molecule has 1 aromatic carbocycles. The van der Waals surface area contributed by atoms with Crippen LogP contribution < -0.4 is 4.74 Å². The largest absolute Gasteiger partial charge is 0.507 e.